The Bertz CT molecular complexity index is 611. The highest BCUT2D eigenvalue weighted by Gasteiger charge is 2.14. The first-order valence-electron chi connectivity index (χ1n) is 5.03. The Kier molecular flexibility index (Phi) is 3.58. The summed E-state index contributed by atoms with van der Waals surface area (Å²) >= 11 is 9.22. The van der Waals surface area contributed by atoms with Gasteiger partial charge in [-0.25, -0.2) is 0 Å². The number of carbonyl (C=O) groups is 1. The Hall–Kier alpha value is -1.53. The van der Waals surface area contributed by atoms with Gasteiger partial charge in [0.1, 0.15) is 11.4 Å². The average Bonchev–Trinajstić information content (AvgIpc) is 2.65. The molecule has 1 heterocycles. The molecule has 0 aliphatic heterocycles. The van der Waals surface area contributed by atoms with E-state index in [1.165, 1.54) is 10.9 Å². The molecule has 0 aliphatic carbocycles. The maximum atomic E-state index is 11.9. The Morgan fingerprint density at radius 1 is 1.56 bits per heavy atom. The first kappa shape index (κ1) is 12.9. The predicted molar refractivity (Wildman–Crippen MR) is 74.7 cm³/mol. The topological polar surface area (TPSA) is 72.9 Å². The van der Waals surface area contributed by atoms with Gasteiger partial charge in [0.05, 0.1) is 11.2 Å². The van der Waals surface area contributed by atoms with Crippen molar-refractivity contribution in [2.45, 2.75) is 0 Å². The monoisotopic (exact) mass is 328 g/mol. The fourth-order valence-electron chi connectivity index (χ4n) is 1.39. The van der Waals surface area contributed by atoms with Gasteiger partial charge in [-0.15, -0.1) is 0 Å². The summed E-state index contributed by atoms with van der Waals surface area (Å²) < 4.78 is 2.20. The van der Waals surface area contributed by atoms with E-state index in [0.717, 1.165) is 4.47 Å². The molecule has 0 saturated carbocycles. The number of hydrogen-bond donors (Lipinski definition) is 2. The Labute approximate surface area is 117 Å². The van der Waals surface area contributed by atoms with Gasteiger partial charge in [-0.3, -0.25) is 9.48 Å². The minimum Gasteiger partial charge on any atom is -0.383 e. The van der Waals surface area contributed by atoms with Crippen molar-refractivity contribution in [3.8, 4) is 0 Å². The Balaban J connectivity index is 2.21. The number of hydrogen-bond acceptors (Lipinski definition) is 3. The zero-order valence-corrected chi connectivity index (χ0v) is 11.8. The van der Waals surface area contributed by atoms with Crippen molar-refractivity contribution in [2.24, 2.45) is 7.05 Å². The highest BCUT2D eigenvalue weighted by molar-refractivity contribution is 9.10. The lowest BCUT2D eigenvalue weighted by Crippen LogP contribution is -2.13. The molecular weight excluding hydrogens is 320 g/mol. The summed E-state index contributed by atoms with van der Waals surface area (Å²) in [6.07, 6.45) is 1.42. The molecule has 5 nitrogen and oxygen atoms in total. The summed E-state index contributed by atoms with van der Waals surface area (Å²) in [5.74, 6) is -0.00491. The van der Waals surface area contributed by atoms with Gasteiger partial charge in [-0.1, -0.05) is 11.6 Å². The van der Waals surface area contributed by atoms with Gasteiger partial charge in [0.25, 0.3) is 5.91 Å². The van der Waals surface area contributed by atoms with Gasteiger partial charge in [0.2, 0.25) is 0 Å². The van der Waals surface area contributed by atoms with Crippen LogP contribution in [0.4, 0.5) is 11.5 Å². The number of benzene rings is 1. The van der Waals surface area contributed by atoms with Crippen LogP contribution in [0.5, 0.6) is 0 Å². The smallest absolute Gasteiger partial charge is 0.261 e. The standard InChI is InChI=1S/C11H10BrClN4O/c1-17-10(14)7(5-15-17)11(18)16-6-2-3-8(12)9(13)4-6/h2-5H,14H2,1H3,(H,16,18). The number of amides is 1. The summed E-state index contributed by atoms with van der Waals surface area (Å²) in [4.78, 5) is 11.9. The third kappa shape index (κ3) is 2.49. The van der Waals surface area contributed by atoms with Crippen molar-refractivity contribution in [3.05, 3.63) is 39.5 Å². The molecule has 2 aromatic rings. The maximum absolute atomic E-state index is 11.9. The number of nitrogens with zero attached hydrogens (tertiary/aromatic N) is 2. The molecular formula is C11H10BrClN4O. The molecule has 0 atom stereocenters. The molecule has 18 heavy (non-hydrogen) atoms. The average molecular weight is 330 g/mol. The van der Waals surface area contributed by atoms with E-state index in [9.17, 15) is 4.79 Å². The van der Waals surface area contributed by atoms with Crippen molar-refractivity contribution >= 4 is 44.9 Å². The molecule has 0 saturated heterocycles. The zero-order chi connectivity index (χ0) is 13.3. The second kappa shape index (κ2) is 4.99. The van der Waals surface area contributed by atoms with Crippen LogP contribution in [-0.2, 0) is 7.05 Å². The van der Waals surface area contributed by atoms with Crippen molar-refractivity contribution in [3.63, 3.8) is 0 Å². The second-order valence-corrected chi connectivity index (χ2v) is 4.91. The molecule has 1 amide bonds. The van der Waals surface area contributed by atoms with Crippen molar-refractivity contribution in [1.29, 1.82) is 0 Å². The number of carbonyl (C=O) groups excluding carboxylic acids is 1. The molecule has 0 unspecified atom stereocenters. The molecule has 7 heteroatoms. The Morgan fingerprint density at radius 3 is 2.83 bits per heavy atom. The SMILES string of the molecule is Cn1ncc(C(=O)Nc2ccc(Br)c(Cl)c2)c1N. The first-order chi connectivity index (χ1) is 8.49. The van der Waals surface area contributed by atoms with Crippen LogP contribution in [-0.4, -0.2) is 15.7 Å². The van der Waals surface area contributed by atoms with E-state index in [1.807, 2.05) is 0 Å². The minimum atomic E-state index is -0.320. The van der Waals surface area contributed by atoms with Crippen molar-refractivity contribution in [2.75, 3.05) is 11.1 Å². The fraction of sp³-hybridized carbons (Fsp3) is 0.0909. The van der Waals surface area contributed by atoms with E-state index in [0.29, 0.717) is 22.1 Å². The summed E-state index contributed by atoms with van der Waals surface area (Å²) in [5.41, 5.74) is 6.64. The van der Waals surface area contributed by atoms with Crippen LogP contribution in [0.25, 0.3) is 0 Å². The number of anilines is 2. The minimum absolute atomic E-state index is 0.315. The van der Waals surface area contributed by atoms with E-state index in [-0.39, 0.29) is 5.91 Å². The molecule has 2 rings (SSSR count). The Morgan fingerprint density at radius 2 is 2.28 bits per heavy atom. The lowest BCUT2D eigenvalue weighted by atomic mass is 10.2. The van der Waals surface area contributed by atoms with Crippen LogP contribution in [0, 0.1) is 0 Å². The molecule has 1 aromatic carbocycles. The molecule has 1 aromatic heterocycles. The van der Waals surface area contributed by atoms with Gasteiger partial charge in [0, 0.05) is 17.2 Å². The molecule has 0 spiro atoms. The largest absolute Gasteiger partial charge is 0.383 e. The molecule has 0 aliphatic rings. The molecule has 94 valence electrons. The van der Waals surface area contributed by atoms with E-state index in [4.69, 9.17) is 17.3 Å². The summed E-state index contributed by atoms with van der Waals surface area (Å²) in [7, 11) is 1.67. The van der Waals surface area contributed by atoms with E-state index in [1.54, 1.807) is 25.2 Å². The highest BCUT2D eigenvalue weighted by atomic mass is 79.9. The summed E-state index contributed by atoms with van der Waals surface area (Å²) in [6, 6.07) is 5.14. The second-order valence-electron chi connectivity index (χ2n) is 3.65. The van der Waals surface area contributed by atoms with Gasteiger partial charge in [0.15, 0.2) is 0 Å². The third-order valence-electron chi connectivity index (χ3n) is 2.41. The fourth-order valence-corrected chi connectivity index (χ4v) is 1.82. The number of aryl methyl sites for hydroxylation is 1. The third-order valence-corrected chi connectivity index (χ3v) is 3.64. The van der Waals surface area contributed by atoms with Crippen molar-refractivity contribution < 1.29 is 4.79 Å². The number of halogens is 2. The molecule has 3 N–H and O–H groups in total. The van der Waals surface area contributed by atoms with Crippen LogP contribution in [0.3, 0.4) is 0 Å². The maximum Gasteiger partial charge on any atom is 0.261 e. The van der Waals surface area contributed by atoms with Gasteiger partial charge in [-0.2, -0.15) is 5.10 Å². The van der Waals surface area contributed by atoms with Gasteiger partial charge >= 0.3 is 0 Å². The van der Waals surface area contributed by atoms with E-state index < -0.39 is 0 Å². The number of nitrogens with two attached hydrogens (primary N) is 1. The van der Waals surface area contributed by atoms with Crippen LogP contribution >= 0.6 is 27.5 Å². The quantitative estimate of drug-likeness (QED) is 0.889. The van der Waals surface area contributed by atoms with Crippen LogP contribution < -0.4 is 11.1 Å². The van der Waals surface area contributed by atoms with Crippen LogP contribution in [0.1, 0.15) is 10.4 Å². The predicted octanol–water partition coefficient (Wildman–Crippen LogP) is 2.67. The number of nitrogen functional groups attached to an aromatic ring is 1. The van der Waals surface area contributed by atoms with Crippen molar-refractivity contribution in [1.82, 2.24) is 9.78 Å². The first-order valence-corrected chi connectivity index (χ1v) is 6.20. The normalized spacial score (nSPS) is 10.4. The zero-order valence-electron chi connectivity index (χ0n) is 9.45. The lowest BCUT2D eigenvalue weighted by Gasteiger charge is -2.05. The molecule has 0 fully saturated rings. The molecule has 0 radical (unpaired) electrons. The van der Waals surface area contributed by atoms with E-state index >= 15 is 0 Å². The van der Waals surface area contributed by atoms with E-state index in [2.05, 4.69) is 26.3 Å². The van der Waals surface area contributed by atoms with Gasteiger partial charge in [-0.05, 0) is 34.1 Å². The number of nitrogens with one attached hydrogen (secondary N) is 1. The van der Waals surface area contributed by atoms with Gasteiger partial charge < -0.3 is 11.1 Å². The highest BCUT2D eigenvalue weighted by Crippen LogP contribution is 2.26. The number of rotatable bonds is 2. The lowest BCUT2D eigenvalue weighted by molar-refractivity contribution is 0.102. The molecule has 0 bridgehead atoms. The van der Waals surface area contributed by atoms with Crippen LogP contribution in [0.15, 0.2) is 28.9 Å². The number of aromatic nitrogens is 2. The van der Waals surface area contributed by atoms with Crippen LogP contribution in [0.2, 0.25) is 5.02 Å². The summed E-state index contributed by atoms with van der Waals surface area (Å²) in [6.45, 7) is 0. The summed E-state index contributed by atoms with van der Waals surface area (Å²) in [5, 5.41) is 7.13.